The minimum atomic E-state index is 0.781. The molecule has 1 heterocycles. The number of fused-ring (bicyclic) bond motifs is 1. The Morgan fingerprint density at radius 3 is 2.89 bits per heavy atom. The third-order valence-electron chi connectivity index (χ3n) is 2.75. The van der Waals surface area contributed by atoms with Crippen molar-refractivity contribution >= 4 is 28.5 Å². The fraction of sp³-hybridized carbons (Fsp3) is 0.467. The maximum Gasteiger partial charge on any atom is 0.137 e. The van der Waals surface area contributed by atoms with Crippen LogP contribution in [0.1, 0.15) is 20.3 Å². The highest BCUT2D eigenvalue weighted by Crippen LogP contribution is 2.18. The minimum absolute atomic E-state index is 0.781. The van der Waals surface area contributed by atoms with Gasteiger partial charge in [-0.1, -0.05) is 26.0 Å². The summed E-state index contributed by atoms with van der Waals surface area (Å²) in [5, 5.41) is 4.51. The van der Waals surface area contributed by atoms with Crippen LogP contribution in [0, 0.1) is 5.92 Å². The van der Waals surface area contributed by atoms with Crippen molar-refractivity contribution in [2.24, 2.45) is 5.92 Å². The highest BCUT2D eigenvalue weighted by atomic mass is 32.2. The van der Waals surface area contributed by atoms with Gasteiger partial charge in [-0.25, -0.2) is 9.97 Å². The molecule has 4 heteroatoms. The number of benzene rings is 1. The monoisotopic (exact) mass is 275 g/mol. The van der Waals surface area contributed by atoms with Gasteiger partial charge in [-0.2, -0.15) is 11.8 Å². The van der Waals surface area contributed by atoms with Crippen molar-refractivity contribution < 1.29 is 0 Å². The molecule has 0 radical (unpaired) electrons. The van der Waals surface area contributed by atoms with Crippen molar-refractivity contribution in [2.75, 3.05) is 23.4 Å². The van der Waals surface area contributed by atoms with Gasteiger partial charge in [0.1, 0.15) is 12.1 Å². The summed E-state index contributed by atoms with van der Waals surface area (Å²) in [6, 6.07) is 8.10. The Balaban J connectivity index is 1.82. The smallest absolute Gasteiger partial charge is 0.137 e. The van der Waals surface area contributed by atoms with Crippen LogP contribution in [-0.4, -0.2) is 28.0 Å². The normalized spacial score (nSPS) is 11.1. The second-order valence-corrected chi connectivity index (χ2v) is 6.14. The lowest BCUT2D eigenvalue weighted by Gasteiger charge is -2.08. The number of anilines is 1. The lowest BCUT2D eigenvalue weighted by molar-refractivity contribution is 0.749. The molecule has 3 nitrogen and oxygen atoms in total. The molecule has 0 bridgehead atoms. The maximum atomic E-state index is 4.32. The van der Waals surface area contributed by atoms with Crippen molar-refractivity contribution in [2.45, 2.75) is 20.3 Å². The first-order valence-electron chi connectivity index (χ1n) is 6.78. The van der Waals surface area contributed by atoms with E-state index in [2.05, 4.69) is 35.2 Å². The van der Waals surface area contributed by atoms with Gasteiger partial charge < -0.3 is 5.32 Å². The number of hydrogen-bond acceptors (Lipinski definition) is 4. The van der Waals surface area contributed by atoms with Crippen molar-refractivity contribution in [3.8, 4) is 0 Å². The topological polar surface area (TPSA) is 37.8 Å². The van der Waals surface area contributed by atoms with Gasteiger partial charge in [-0.05, 0) is 36.0 Å². The molecule has 1 N–H and O–H groups in total. The molecular weight excluding hydrogens is 254 g/mol. The van der Waals surface area contributed by atoms with Gasteiger partial charge >= 0.3 is 0 Å². The van der Waals surface area contributed by atoms with Crippen LogP contribution in [-0.2, 0) is 0 Å². The number of thioether (sulfide) groups is 1. The first-order chi connectivity index (χ1) is 9.27. The molecule has 0 aliphatic rings. The van der Waals surface area contributed by atoms with Crippen LogP contribution in [0.15, 0.2) is 30.6 Å². The van der Waals surface area contributed by atoms with Crippen molar-refractivity contribution in [1.82, 2.24) is 9.97 Å². The predicted octanol–water partition coefficient (Wildman–Crippen LogP) is 3.82. The van der Waals surface area contributed by atoms with E-state index in [1.54, 1.807) is 6.33 Å². The SMILES string of the molecule is CC(C)CSCCCNc1ncnc2ccccc12. The first-order valence-corrected chi connectivity index (χ1v) is 7.94. The Kier molecular flexibility index (Phi) is 5.45. The van der Waals surface area contributed by atoms with Crippen LogP contribution in [0.4, 0.5) is 5.82 Å². The molecule has 0 saturated carbocycles. The van der Waals surface area contributed by atoms with Crippen LogP contribution in [0.2, 0.25) is 0 Å². The minimum Gasteiger partial charge on any atom is -0.369 e. The van der Waals surface area contributed by atoms with Crippen molar-refractivity contribution in [3.05, 3.63) is 30.6 Å². The summed E-state index contributed by atoms with van der Waals surface area (Å²) in [4.78, 5) is 8.59. The zero-order chi connectivity index (χ0) is 13.5. The van der Waals surface area contributed by atoms with Crippen molar-refractivity contribution in [1.29, 1.82) is 0 Å². The molecule has 0 fully saturated rings. The van der Waals surface area contributed by atoms with Gasteiger partial charge in [0.15, 0.2) is 0 Å². The number of para-hydroxylation sites is 1. The Morgan fingerprint density at radius 1 is 1.21 bits per heavy atom. The number of rotatable bonds is 7. The molecule has 1 aromatic carbocycles. The third kappa shape index (κ3) is 4.39. The van der Waals surface area contributed by atoms with E-state index in [0.717, 1.165) is 35.6 Å². The average Bonchev–Trinajstić information content (AvgIpc) is 2.42. The van der Waals surface area contributed by atoms with Gasteiger partial charge in [-0.15, -0.1) is 0 Å². The van der Waals surface area contributed by atoms with E-state index in [-0.39, 0.29) is 0 Å². The average molecular weight is 275 g/mol. The highest BCUT2D eigenvalue weighted by molar-refractivity contribution is 7.99. The van der Waals surface area contributed by atoms with Crippen LogP contribution in [0.25, 0.3) is 10.9 Å². The second kappa shape index (κ2) is 7.34. The van der Waals surface area contributed by atoms with E-state index in [1.807, 2.05) is 30.0 Å². The number of aromatic nitrogens is 2. The first kappa shape index (κ1) is 14.1. The van der Waals surface area contributed by atoms with Crippen molar-refractivity contribution in [3.63, 3.8) is 0 Å². The van der Waals surface area contributed by atoms with Gasteiger partial charge in [0, 0.05) is 11.9 Å². The van der Waals surface area contributed by atoms with Crippen LogP contribution in [0.5, 0.6) is 0 Å². The number of nitrogens with zero attached hydrogens (tertiary/aromatic N) is 2. The Hall–Kier alpha value is -1.29. The quantitative estimate of drug-likeness (QED) is 0.780. The molecule has 2 aromatic rings. The molecular formula is C15H21N3S. The lowest BCUT2D eigenvalue weighted by atomic mass is 10.2. The molecule has 1 aromatic heterocycles. The predicted molar refractivity (Wildman–Crippen MR) is 84.8 cm³/mol. The summed E-state index contributed by atoms with van der Waals surface area (Å²) in [6.45, 7) is 5.49. The fourth-order valence-corrected chi connectivity index (χ4v) is 2.83. The van der Waals surface area contributed by atoms with E-state index in [4.69, 9.17) is 0 Å². The van der Waals surface area contributed by atoms with E-state index >= 15 is 0 Å². The lowest BCUT2D eigenvalue weighted by Crippen LogP contribution is -2.05. The molecule has 0 aliphatic carbocycles. The molecule has 0 saturated heterocycles. The molecule has 0 amide bonds. The zero-order valence-corrected chi connectivity index (χ0v) is 12.4. The van der Waals surface area contributed by atoms with E-state index < -0.39 is 0 Å². The standard InChI is InChI=1S/C15H21N3S/c1-12(2)10-19-9-5-8-16-15-13-6-3-4-7-14(13)17-11-18-15/h3-4,6-7,11-12H,5,8-10H2,1-2H3,(H,16,17,18). The summed E-state index contributed by atoms with van der Waals surface area (Å²) in [7, 11) is 0. The summed E-state index contributed by atoms with van der Waals surface area (Å²) < 4.78 is 0. The van der Waals surface area contributed by atoms with E-state index in [0.29, 0.717) is 0 Å². The molecule has 19 heavy (non-hydrogen) atoms. The van der Waals surface area contributed by atoms with Crippen LogP contribution < -0.4 is 5.32 Å². The van der Waals surface area contributed by atoms with Gasteiger partial charge in [0.2, 0.25) is 0 Å². The van der Waals surface area contributed by atoms with Crippen LogP contribution >= 0.6 is 11.8 Å². The molecule has 0 spiro atoms. The van der Waals surface area contributed by atoms with E-state index in [9.17, 15) is 0 Å². The Bertz CT molecular complexity index is 508. The molecule has 0 aliphatic heterocycles. The second-order valence-electron chi connectivity index (χ2n) is 4.99. The molecule has 102 valence electrons. The molecule has 2 rings (SSSR count). The summed E-state index contributed by atoms with van der Waals surface area (Å²) in [5.74, 6) is 4.17. The van der Waals surface area contributed by atoms with Gasteiger partial charge in [0.05, 0.1) is 5.52 Å². The third-order valence-corrected chi connectivity index (χ3v) is 4.23. The highest BCUT2D eigenvalue weighted by Gasteiger charge is 2.01. The van der Waals surface area contributed by atoms with Crippen LogP contribution in [0.3, 0.4) is 0 Å². The largest absolute Gasteiger partial charge is 0.369 e. The number of nitrogens with one attached hydrogen (secondary N) is 1. The summed E-state index contributed by atoms with van der Waals surface area (Å²) in [6.07, 6.45) is 2.79. The fourth-order valence-electron chi connectivity index (χ4n) is 1.85. The van der Waals surface area contributed by atoms with Gasteiger partial charge in [0.25, 0.3) is 0 Å². The summed E-state index contributed by atoms with van der Waals surface area (Å²) in [5.41, 5.74) is 0.995. The number of hydrogen-bond donors (Lipinski definition) is 1. The molecule has 0 unspecified atom stereocenters. The zero-order valence-electron chi connectivity index (χ0n) is 11.6. The Morgan fingerprint density at radius 2 is 2.05 bits per heavy atom. The Labute approximate surface area is 119 Å². The summed E-state index contributed by atoms with van der Waals surface area (Å²) >= 11 is 2.03. The molecule has 0 atom stereocenters. The maximum absolute atomic E-state index is 4.32. The van der Waals surface area contributed by atoms with Gasteiger partial charge in [-0.3, -0.25) is 0 Å². The van der Waals surface area contributed by atoms with E-state index in [1.165, 1.54) is 11.5 Å².